The number of phenols is 1. The molecule has 7 nitrogen and oxygen atoms in total. The fourth-order valence-electron chi connectivity index (χ4n) is 7.69. The average molecular weight is 545 g/mol. The third-order valence-corrected chi connectivity index (χ3v) is 9.95. The summed E-state index contributed by atoms with van der Waals surface area (Å²) in [5, 5.41) is 11.7. The van der Waals surface area contributed by atoms with Crippen molar-refractivity contribution in [2.45, 2.75) is 68.2 Å². The summed E-state index contributed by atoms with van der Waals surface area (Å²) in [6.07, 6.45) is 2.34. The number of hydrogen-bond acceptors (Lipinski definition) is 6. The number of nitrogens with zero attached hydrogens (tertiary/aromatic N) is 2. The molecule has 2 aliphatic heterocycles. The molecule has 2 aromatic carbocycles. The number of amides is 1. The van der Waals surface area contributed by atoms with E-state index in [-0.39, 0.29) is 36.1 Å². The summed E-state index contributed by atoms with van der Waals surface area (Å²) in [5.74, 6) is 0.168. The Bertz CT molecular complexity index is 1320. The molecule has 37 heavy (non-hydrogen) atoms. The van der Waals surface area contributed by atoms with Crippen molar-refractivity contribution in [2.24, 2.45) is 0 Å². The van der Waals surface area contributed by atoms with Crippen molar-refractivity contribution in [2.75, 3.05) is 20.6 Å². The van der Waals surface area contributed by atoms with Gasteiger partial charge in [-0.15, -0.1) is 0 Å². The van der Waals surface area contributed by atoms with Gasteiger partial charge in [0.15, 0.2) is 11.5 Å². The molecule has 4 aliphatic rings. The fourth-order valence-corrected chi connectivity index (χ4v) is 8.01. The monoisotopic (exact) mass is 544 g/mol. The van der Waals surface area contributed by atoms with E-state index in [1.807, 2.05) is 13.1 Å². The van der Waals surface area contributed by atoms with Gasteiger partial charge >= 0.3 is 5.97 Å². The van der Waals surface area contributed by atoms with Crippen LogP contribution in [0.3, 0.4) is 0 Å². The molecule has 2 fully saturated rings. The maximum absolute atomic E-state index is 13.5. The zero-order valence-electron chi connectivity index (χ0n) is 21.1. The molecule has 2 heterocycles. The summed E-state index contributed by atoms with van der Waals surface area (Å²) in [4.78, 5) is 30.2. The number of likely N-dealkylation sites (N-methyl/N-ethyl adjacent to an activating group) is 2. The minimum Gasteiger partial charge on any atom is -0.504 e. The molecule has 196 valence electrons. The van der Waals surface area contributed by atoms with Gasteiger partial charge in [-0.1, -0.05) is 35.3 Å². The van der Waals surface area contributed by atoms with E-state index >= 15 is 0 Å². The van der Waals surface area contributed by atoms with Crippen LogP contribution < -0.4 is 4.74 Å². The van der Waals surface area contributed by atoms with Crippen LogP contribution in [0, 0.1) is 0 Å². The molecule has 0 radical (unpaired) electrons. The lowest BCUT2D eigenvalue weighted by Gasteiger charge is -2.65. The topological polar surface area (TPSA) is 79.3 Å². The molecule has 9 heteroatoms. The molecule has 1 saturated carbocycles. The predicted octanol–water partition coefficient (Wildman–Crippen LogP) is 4.12. The van der Waals surface area contributed by atoms with Crippen molar-refractivity contribution in [3.8, 4) is 11.5 Å². The Morgan fingerprint density at radius 2 is 2.00 bits per heavy atom. The smallest absolute Gasteiger partial charge is 0.303 e. The highest BCUT2D eigenvalue weighted by atomic mass is 35.5. The van der Waals surface area contributed by atoms with E-state index in [1.165, 1.54) is 6.92 Å². The van der Waals surface area contributed by atoms with E-state index < -0.39 is 17.1 Å². The summed E-state index contributed by atoms with van der Waals surface area (Å²) in [5.41, 5.74) is 1.39. The van der Waals surface area contributed by atoms with Crippen LogP contribution in [0.5, 0.6) is 11.5 Å². The van der Waals surface area contributed by atoms with Gasteiger partial charge in [-0.2, -0.15) is 0 Å². The molecule has 2 aliphatic carbocycles. The highest BCUT2D eigenvalue weighted by Gasteiger charge is 2.75. The van der Waals surface area contributed by atoms with Crippen molar-refractivity contribution in [1.29, 1.82) is 0 Å². The maximum atomic E-state index is 13.5. The van der Waals surface area contributed by atoms with Crippen LogP contribution in [0.2, 0.25) is 10.0 Å². The normalized spacial score (nSPS) is 31.3. The van der Waals surface area contributed by atoms with Crippen LogP contribution in [-0.2, 0) is 32.6 Å². The molecular formula is C28H30Cl2N2O5. The molecule has 6 rings (SSSR count). The number of hydrogen-bond donors (Lipinski definition) is 1. The minimum atomic E-state index is -0.799. The van der Waals surface area contributed by atoms with E-state index in [2.05, 4.69) is 11.9 Å². The lowest BCUT2D eigenvalue weighted by atomic mass is 9.48. The van der Waals surface area contributed by atoms with E-state index in [4.69, 9.17) is 32.7 Å². The summed E-state index contributed by atoms with van der Waals surface area (Å²) in [7, 11) is 3.89. The standard InChI is InChI=1S/C28H30Cl2N2O5/c1-15(33)37-28-9-8-20(32(3)23(35)13-16-4-6-18(29)19(30)12-16)26-27(28)10-11-31(2)22(28)14-17-5-7-21(34)25(36-26)24(17)27/h4-7,12,20,22,26,34H,8-11,13-14H2,1-3H3/t20-,22-,26+,27+,28-/m1/s1. The highest BCUT2D eigenvalue weighted by Crippen LogP contribution is 2.66. The first-order valence-electron chi connectivity index (χ1n) is 12.7. The van der Waals surface area contributed by atoms with Crippen LogP contribution in [0.4, 0.5) is 0 Å². The maximum Gasteiger partial charge on any atom is 0.303 e. The number of phenolic OH excluding ortho intramolecular Hbond substituents is 1. The van der Waals surface area contributed by atoms with Crippen LogP contribution in [0.1, 0.15) is 42.9 Å². The van der Waals surface area contributed by atoms with Crippen molar-refractivity contribution in [3.63, 3.8) is 0 Å². The largest absolute Gasteiger partial charge is 0.504 e. The molecule has 0 aromatic heterocycles. The number of carbonyl (C=O) groups is 2. The molecule has 1 spiro atoms. The second-order valence-corrected chi connectivity index (χ2v) is 11.7. The van der Waals surface area contributed by atoms with Crippen molar-refractivity contribution < 1.29 is 24.2 Å². The minimum absolute atomic E-state index is 0.0163. The Balaban J connectivity index is 1.43. The molecule has 0 unspecified atom stereocenters. The molecule has 5 atom stereocenters. The summed E-state index contributed by atoms with van der Waals surface area (Å²) >= 11 is 12.2. The van der Waals surface area contributed by atoms with Crippen LogP contribution in [0.25, 0.3) is 0 Å². The van der Waals surface area contributed by atoms with Gasteiger partial charge in [-0.3, -0.25) is 14.5 Å². The number of esters is 1. The summed E-state index contributed by atoms with van der Waals surface area (Å²) in [6.45, 7) is 2.26. The predicted molar refractivity (Wildman–Crippen MR) is 139 cm³/mol. The number of carbonyl (C=O) groups excluding carboxylic acids is 2. The van der Waals surface area contributed by atoms with Gasteiger partial charge in [-0.25, -0.2) is 0 Å². The first-order chi connectivity index (χ1) is 17.6. The molecule has 1 saturated heterocycles. The average Bonchev–Trinajstić information content (AvgIpc) is 3.20. The first-order valence-corrected chi connectivity index (χ1v) is 13.5. The van der Waals surface area contributed by atoms with Crippen molar-refractivity contribution in [3.05, 3.63) is 57.1 Å². The molecule has 2 aromatic rings. The number of halogens is 2. The van der Waals surface area contributed by atoms with Gasteiger partial charge in [-0.05, 0) is 68.6 Å². The number of ether oxygens (including phenoxy) is 2. The third-order valence-electron chi connectivity index (χ3n) is 9.21. The Kier molecular flexibility index (Phi) is 5.72. The number of aromatic hydroxyl groups is 1. The van der Waals surface area contributed by atoms with E-state index in [0.717, 1.165) is 23.2 Å². The lowest BCUT2D eigenvalue weighted by molar-refractivity contribution is -0.221. The fraction of sp³-hybridized carbons (Fsp3) is 0.500. The van der Waals surface area contributed by atoms with Gasteiger partial charge in [0.25, 0.3) is 0 Å². The summed E-state index contributed by atoms with van der Waals surface area (Å²) in [6, 6.07) is 8.59. The van der Waals surface area contributed by atoms with Gasteiger partial charge in [0.05, 0.1) is 34.0 Å². The molecule has 1 amide bonds. The van der Waals surface area contributed by atoms with Crippen LogP contribution in [0.15, 0.2) is 30.3 Å². The Morgan fingerprint density at radius 3 is 2.73 bits per heavy atom. The number of piperidine rings is 1. The number of benzene rings is 2. The highest BCUT2D eigenvalue weighted by molar-refractivity contribution is 6.42. The summed E-state index contributed by atoms with van der Waals surface area (Å²) < 4.78 is 13.0. The van der Waals surface area contributed by atoms with Crippen molar-refractivity contribution >= 4 is 35.1 Å². The lowest BCUT2D eigenvalue weighted by Crippen LogP contribution is -2.78. The second kappa shape index (κ2) is 8.52. The number of likely N-dealkylation sites (tertiary alicyclic amines) is 1. The Hall–Kier alpha value is -2.48. The Labute approximate surface area is 226 Å². The van der Waals surface area contributed by atoms with Gasteiger partial charge in [0, 0.05) is 19.5 Å². The van der Waals surface area contributed by atoms with Gasteiger partial charge < -0.3 is 19.5 Å². The van der Waals surface area contributed by atoms with Gasteiger partial charge in [0.2, 0.25) is 5.91 Å². The van der Waals surface area contributed by atoms with Crippen LogP contribution >= 0.6 is 23.2 Å². The molecular weight excluding hydrogens is 515 g/mol. The van der Waals surface area contributed by atoms with E-state index in [9.17, 15) is 14.7 Å². The van der Waals surface area contributed by atoms with Crippen LogP contribution in [-0.4, -0.2) is 71.2 Å². The van der Waals surface area contributed by atoms with Crippen molar-refractivity contribution in [1.82, 2.24) is 9.80 Å². The second-order valence-electron chi connectivity index (χ2n) is 10.9. The van der Waals surface area contributed by atoms with Gasteiger partial charge in [0.1, 0.15) is 11.7 Å². The third kappa shape index (κ3) is 3.36. The number of rotatable bonds is 4. The molecule has 2 bridgehead atoms. The quantitative estimate of drug-likeness (QED) is 0.583. The SMILES string of the molecule is CC(=O)O[C@@]12CC[C@@H](N(C)C(=O)Cc3ccc(Cl)c(Cl)c3)[C@@H]3Oc4c(O)ccc5c4[C@@]31CCN(C)[C@@H]2C5. The van der Waals surface area contributed by atoms with E-state index in [0.29, 0.717) is 41.5 Å². The Morgan fingerprint density at radius 1 is 1.22 bits per heavy atom. The van der Waals surface area contributed by atoms with E-state index in [1.54, 1.807) is 29.2 Å². The molecule has 1 N–H and O–H groups in total. The first kappa shape index (κ1) is 24.8. The zero-order valence-corrected chi connectivity index (χ0v) is 22.6. The zero-order chi connectivity index (χ0) is 26.3.